The van der Waals surface area contributed by atoms with Crippen LogP contribution in [0, 0.1) is 5.82 Å². The Kier molecular flexibility index (Phi) is 5.82. The van der Waals surface area contributed by atoms with Gasteiger partial charge in [0.25, 0.3) is 0 Å². The normalized spacial score (nSPS) is 12.1. The van der Waals surface area contributed by atoms with E-state index in [-0.39, 0.29) is 11.6 Å². The molecule has 0 radical (unpaired) electrons. The number of esters is 1. The average molecular weight is 377 g/mol. The van der Waals surface area contributed by atoms with Gasteiger partial charge in [-0.15, -0.1) is 0 Å². The first-order valence-electron chi connectivity index (χ1n) is 6.90. The second-order valence-corrected chi connectivity index (χ2v) is 5.75. The van der Waals surface area contributed by atoms with E-state index in [4.69, 9.17) is 4.74 Å². The van der Waals surface area contributed by atoms with E-state index in [1.54, 1.807) is 24.3 Å². The molecule has 0 aromatic heterocycles. The summed E-state index contributed by atoms with van der Waals surface area (Å²) < 4.78 is 18.7. The van der Waals surface area contributed by atoms with E-state index in [1.807, 2.05) is 0 Å². The van der Waals surface area contributed by atoms with Gasteiger partial charge < -0.3 is 4.74 Å². The monoisotopic (exact) mass is 376 g/mol. The van der Waals surface area contributed by atoms with Crippen molar-refractivity contribution in [2.24, 2.45) is 0 Å². The second-order valence-electron chi connectivity index (χ2n) is 4.84. The number of hydrogen-bond acceptors (Lipinski definition) is 3. The van der Waals surface area contributed by atoms with Crippen molar-refractivity contribution in [3.05, 3.63) is 76.0 Å². The van der Waals surface area contributed by atoms with Crippen LogP contribution in [-0.2, 0) is 9.53 Å². The third-order valence-electron chi connectivity index (χ3n) is 3.07. The molecule has 0 fully saturated rings. The number of Topliss-reactive ketones (excluding diaryl/α,β-unsaturated/α-hetero) is 1. The van der Waals surface area contributed by atoms with Gasteiger partial charge in [-0.2, -0.15) is 0 Å². The highest BCUT2D eigenvalue weighted by Gasteiger charge is 2.18. The number of ketones is 1. The molecule has 23 heavy (non-hydrogen) atoms. The first-order valence-corrected chi connectivity index (χ1v) is 7.69. The Morgan fingerprint density at radius 3 is 2.30 bits per heavy atom. The van der Waals surface area contributed by atoms with Gasteiger partial charge in [0.1, 0.15) is 5.82 Å². The van der Waals surface area contributed by atoms with Crippen LogP contribution in [0.4, 0.5) is 4.39 Å². The van der Waals surface area contributed by atoms with E-state index in [1.165, 1.54) is 43.3 Å². The minimum atomic E-state index is -0.887. The van der Waals surface area contributed by atoms with Crippen molar-refractivity contribution in [1.82, 2.24) is 0 Å². The molecule has 2 aromatic carbocycles. The molecule has 2 rings (SSSR count). The smallest absolute Gasteiger partial charge is 0.331 e. The fourth-order valence-electron chi connectivity index (χ4n) is 1.85. The topological polar surface area (TPSA) is 43.4 Å². The molecule has 0 unspecified atom stereocenters. The summed E-state index contributed by atoms with van der Waals surface area (Å²) in [6, 6.07) is 12.5. The summed E-state index contributed by atoms with van der Waals surface area (Å²) in [6.07, 6.45) is 1.82. The molecular weight excluding hydrogens is 363 g/mol. The molecule has 3 nitrogen and oxygen atoms in total. The van der Waals surface area contributed by atoms with E-state index in [0.717, 1.165) is 4.47 Å². The lowest BCUT2D eigenvalue weighted by Gasteiger charge is -2.10. The lowest BCUT2D eigenvalue weighted by atomic mass is 10.1. The highest BCUT2D eigenvalue weighted by atomic mass is 79.9. The Hall–Kier alpha value is -2.27. The van der Waals surface area contributed by atoms with Gasteiger partial charge in [0.15, 0.2) is 6.10 Å². The van der Waals surface area contributed by atoms with Crippen LogP contribution in [0.25, 0.3) is 6.08 Å². The largest absolute Gasteiger partial charge is 0.451 e. The number of carbonyl (C=O) groups excluding carboxylic acids is 2. The van der Waals surface area contributed by atoms with Gasteiger partial charge in [0.05, 0.1) is 0 Å². The van der Waals surface area contributed by atoms with Crippen molar-refractivity contribution in [3.63, 3.8) is 0 Å². The highest BCUT2D eigenvalue weighted by Crippen LogP contribution is 2.13. The van der Waals surface area contributed by atoms with Crippen molar-refractivity contribution >= 4 is 33.8 Å². The summed E-state index contributed by atoms with van der Waals surface area (Å²) in [7, 11) is 0. The van der Waals surface area contributed by atoms with Gasteiger partial charge in [-0.05, 0) is 42.8 Å². The highest BCUT2D eigenvalue weighted by molar-refractivity contribution is 9.10. The molecule has 0 saturated heterocycles. The van der Waals surface area contributed by atoms with Gasteiger partial charge in [-0.25, -0.2) is 9.18 Å². The molecule has 0 heterocycles. The summed E-state index contributed by atoms with van der Waals surface area (Å²) in [5.74, 6) is -1.26. The fourth-order valence-corrected chi connectivity index (χ4v) is 2.12. The van der Waals surface area contributed by atoms with E-state index in [2.05, 4.69) is 15.9 Å². The lowest BCUT2D eigenvalue weighted by Crippen LogP contribution is -2.23. The molecule has 0 amide bonds. The van der Waals surface area contributed by atoms with E-state index in [0.29, 0.717) is 11.1 Å². The van der Waals surface area contributed by atoms with E-state index >= 15 is 0 Å². The standard InChI is InChI=1S/C18H14BrFO3/c1-12(18(22)14-5-7-15(19)8-6-14)23-17(21)11-4-13-2-9-16(20)10-3-13/h2-12H,1H3/b11-4+/t12-/m0/s1. The van der Waals surface area contributed by atoms with Crippen LogP contribution in [0.2, 0.25) is 0 Å². The second kappa shape index (κ2) is 7.83. The molecule has 0 bridgehead atoms. The maximum Gasteiger partial charge on any atom is 0.331 e. The summed E-state index contributed by atoms with van der Waals surface area (Å²) >= 11 is 3.29. The van der Waals surface area contributed by atoms with E-state index in [9.17, 15) is 14.0 Å². The molecule has 0 aliphatic carbocycles. The van der Waals surface area contributed by atoms with Crippen LogP contribution in [0.15, 0.2) is 59.1 Å². The third kappa shape index (κ3) is 5.14. The van der Waals surface area contributed by atoms with Crippen molar-refractivity contribution in [3.8, 4) is 0 Å². The Morgan fingerprint density at radius 2 is 1.70 bits per heavy atom. The molecule has 0 saturated carbocycles. The van der Waals surface area contributed by atoms with Crippen LogP contribution in [0.1, 0.15) is 22.8 Å². The Balaban J connectivity index is 1.95. The van der Waals surface area contributed by atoms with Crippen LogP contribution in [0.3, 0.4) is 0 Å². The number of rotatable bonds is 5. The average Bonchev–Trinajstić information content (AvgIpc) is 2.54. The molecule has 0 aliphatic rings. The summed E-state index contributed by atoms with van der Waals surface area (Å²) in [6.45, 7) is 1.52. The quantitative estimate of drug-likeness (QED) is 0.440. The van der Waals surface area contributed by atoms with Gasteiger partial charge in [-0.1, -0.05) is 40.2 Å². The molecule has 0 N–H and O–H groups in total. The Morgan fingerprint density at radius 1 is 1.09 bits per heavy atom. The first-order chi connectivity index (χ1) is 11.0. The Labute approximate surface area is 141 Å². The minimum absolute atomic E-state index is 0.277. The zero-order valence-electron chi connectivity index (χ0n) is 12.3. The number of halogens is 2. The maximum atomic E-state index is 12.8. The van der Waals surface area contributed by atoms with Crippen LogP contribution in [-0.4, -0.2) is 17.9 Å². The third-order valence-corrected chi connectivity index (χ3v) is 3.60. The van der Waals surface area contributed by atoms with Crippen LogP contribution >= 0.6 is 15.9 Å². The molecule has 0 aliphatic heterocycles. The molecular formula is C18H14BrFO3. The van der Waals surface area contributed by atoms with Crippen LogP contribution < -0.4 is 0 Å². The van der Waals surface area contributed by atoms with E-state index < -0.39 is 12.1 Å². The molecule has 2 aromatic rings. The minimum Gasteiger partial charge on any atom is -0.451 e. The van der Waals surface area contributed by atoms with Gasteiger partial charge in [0, 0.05) is 16.1 Å². The molecule has 1 atom stereocenters. The lowest BCUT2D eigenvalue weighted by molar-refractivity contribution is -0.140. The first kappa shape index (κ1) is 17.1. The SMILES string of the molecule is C[C@H](OC(=O)/C=C/c1ccc(F)cc1)C(=O)c1ccc(Br)cc1. The molecule has 0 spiro atoms. The summed E-state index contributed by atoms with van der Waals surface area (Å²) in [5, 5.41) is 0. The predicted octanol–water partition coefficient (Wildman–Crippen LogP) is 4.42. The van der Waals surface area contributed by atoms with Crippen molar-refractivity contribution in [1.29, 1.82) is 0 Å². The zero-order valence-corrected chi connectivity index (χ0v) is 13.9. The van der Waals surface area contributed by atoms with Gasteiger partial charge >= 0.3 is 5.97 Å². The number of ether oxygens (including phenoxy) is 1. The maximum absolute atomic E-state index is 12.8. The number of carbonyl (C=O) groups is 2. The number of benzene rings is 2. The van der Waals surface area contributed by atoms with Crippen molar-refractivity contribution < 1.29 is 18.7 Å². The molecule has 5 heteroatoms. The number of hydrogen-bond donors (Lipinski definition) is 0. The predicted molar refractivity (Wildman–Crippen MR) is 89.5 cm³/mol. The van der Waals surface area contributed by atoms with Crippen molar-refractivity contribution in [2.45, 2.75) is 13.0 Å². The van der Waals surface area contributed by atoms with Crippen LogP contribution in [0.5, 0.6) is 0 Å². The van der Waals surface area contributed by atoms with Crippen molar-refractivity contribution in [2.75, 3.05) is 0 Å². The van der Waals surface area contributed by atoms with Gasteiger partial charge in [0.2, 0.25) is 5.78 Å². The zero-order chi connectivity index (χ0) is 16.8. The Bertz CT molecular complexity index is 721. The van der Waals surface area contributed by atoms with Gasteiger partial charge in [-0.3, -0.25) is 4.79 Å². The fraction of sp³-hybridized carbons (Fsp3) is 0.111. The summed E-state index contributed by atoms with van der Waals surface area (Å²) in [5.41, 5.74) is 1.13. The molecule has 118 valence electrons. The summed E-state index contributed by atoms with van der Waals surface area (Å²) in [4.78, 5) is 23.9.